The number of aromatic nitrogens is 4. The van der Waals surface area contributed by atoms with Crippen LogP contribution in [-0.2, 0) is 0 Å². The lowest BCUT2D eigenvalue weighted by atomic mass is 10.1. The molecule has 0 unspecified atom stereocenters. The van der Waals surface area contributed by atoms with Gasteiger partial charge in [-0.15, -0.1) is 0 Å². The largest absolute Gasteiger partial charge is 0.366 e. The van der Waals surface area contributed by atoms with E-state index in [4.69, 9.17) is 10.7 Å². The highest BCUT2D eigenvalue weighted by Gasteiger charge is 2.29. The Hall–Kier alpha value is -3.35. The molecule has 0 saturated carbocycles. The first-order chi connectivity index (χ1) is 12.7. The Balaban J connectivity index is 1.64. The van der Waals surface area contributed by atoms with Crippen LogP contribution in [0.15, 0.2) is 55.0 Å². The standard InChI is InChI=1S/C19H18N6O/c20-17(26)13-4-6-14(7-5-13)18-21-11-8-15(24-18)16-3-1-12-25(16)19-22-9-2-10-23-19/h2,4-11,16H,1,3,12H2,(H2,20,26)/t16-/m0/s1. The molecule has 0 spiro atoms. The van der Waals surface area contributed by atoms with Crippen LogP contribution in [0.2, 0.25) is 0 Å². The van der Waals surface area contributed by atoms with Gasteiger partial charge in [0.25, 0.3) is 0 Å². The van der Waals surface area contributed by atoms with Crippen LogP contribution in [0.4, 0.5) is 5.95 Å². The Kier molecular flexibility index (Phi) is 4.27. The van der Waals surface area contributed by atoms with Gasteiger partial charge in [0.15, 0.2) is 5.82 Å². The lowest BCUT2D eigenvalue weighted by Gasteiger charge is -2.24. The highest BCUT2D eigenvalue weighted by molar-refractivity contribution is 5.93. The van der Waals surface area contributed by atoms with Crippen LogP contribution in [0.3, 0.4) is 0 Å². The molecule has 0 aliphatic carbocycles. The maximum Gasteiger partial charge on any atom is 0.248 e. The molecule has 7 nitrogen and oxygen atoms in total. The van der Waals surface area contributed by atoms with Crippen molar-refractivity contribution in [3.63, 3.8) is 0 Å². The molecule has 1 saturated heterocycles. The molecule has 26 heavy (non-hydrogen) atoms. The predicted molar refractivity (Wildman–Crippen MR) is 97.3 cm³/mol. The zero-order chi connectivity index (χ0) is 17.9. The molecule has 1 atom stereocenters. The third-order valence-electron chi connectivity index (χ3n) is 4.51. The first-order valence-electron chi connectivity index (χ1n) is 8.49. The molecule has 7 heteroatoms. The van der Waals surface area contributed by atoms with Gasteiger partial charge in [-0.1, -0.05) is 12.1 Å². The molecule has 3 aromatic rings. The third-order valence-corrected chi connectivity index (χ3v) is 4.51. The Labute approximate surface area is 151 Å². The normalized spacial score (nSPS) is 16.6. The third kappa shape index (κ3) is 3.11. The summed E-state index contributed by atoms with van der Waals surface area (Å²) in [6.07, 6.45) is 7.33. The summed E-state index contributed by atoms with van der Waals surface area (Å²) in [6.45, 7) is 0.904. The summed E-state index contributed by atoms with van der Waals surface area (Å²) in [5, 5.41) is 0. The number of carbonyl (C=O) groups is 1. The average molecular weight is 346 g/mol. The van der Waals surface area contributed by atoms with E-state index < -0.39 is 5.91 Å². The van der Waals surface area contributed by atoms with Gasteiger partial charge >= 0.3 is 0 Å². The number of benzene rings is 1. The summed E-state index contributed by atoms with van der Waals surface area (Å²) in [5.74, 6) is 0.899. The van der Waals surface area contributed by atoms with E-state index in [0.717, 1.165) is 36.6 Å². The molecule has 0 radical (unpaired) electrons. The summed E-state index contributed by atoms with van der Waals surface area (Å²) < 4.78 is 0. The minimum absolute atomic E-state index is 0.129. The highest BCUT2D eigenvalue weighted by Crippen LogP contribution is 2.33. The van der Waals surface area contributed by atoms with Crippen molar-refractivity contribution in [3.8, 4) is 11.4 Å². The maximum atomic E-state index is 11.2. The summed E-state index contributed by atoms with van der Waals surface area (Å²) >= 11 is 0. The van der Waals surface area contributed by atoms with Gasteiger partial charge in [0.1, 0.15) is 0 Å². The zero-order valence-corrected chi connectivity index (χ0v) is 14.1. The number of hydrogen-bond acceptors (Lipinski definition) is 6. The van der Waals surface area contributed by atoms with Crippen LogP contribution in [0.5, 0.6) is 0 Å². The lowest BCUT2D eigenvalue weighted by molar-refractivity contribution is 0.100. The highest BCUT2D eigenvalue weighted by atomic mass is 16.1. The predicted octanol–water partition coefficient (Wildman–Crippen LogP) is 2.37. The second-order valence-electron chi connectivity index (χ2n) is 6.15. The van der Waals surface area contributed by atoms with E-state index in [0.29, 0.717) is 11.4 Å². The van der Waals surface area contributed by atoms with Gasteiger partial charge in [-0.2, -0.15) is 0 Å². The number of rotatable bonds is 4. The summed E-state index contributed by atoms with van der Waals surface area (Å²) in [5.41, 5.74) is 7.55. The molecule has 2 aromatic heterocycles. The molecule has 1 aliphatic rings. The average Bonchev–Trinajstić information content (AvgIpc) is 3.19. The van der Waals surface area contributed by atoms with Crippen molar-refractivity contribution in [1.29, 1.82) is 0 Å². The first kappa shape index (κ1) is 16.1. The van der Waals surface area contributed by atoms with E-state index in [9.17, 15) is 4.79 Å². The van der Waals surface area contributed by atoms with E-state index in [1.54, 1.807) is 30.7 Å². The van der Waals surface area contributed by atoms with Crippen LogP contribution < -0.4 is 10.6 Å². The van der Waals surface area contributed by atoms with Crippen molar-refractivity contribution >= 4 is 11.9 Å². The molecule has 1 aliphatic heterocycles. The Morgan fingerprint density at radius 3 is 2.54 bits per heavy atom. The van der Waals surface area contributed by atoms with E-state index >= 15 is 0 Å². The Morgan fingerprint density at radius 2 is 1.81 bits per heavy atom. The van der Waals surface area contributed by atoms with E-state index in [1.807, 2.05) is 24.3 Å². The van der Waals surface area contributed by atoms with Crippen LogP contribution in [-0.4, -0.2) is 32.4 Å². The fraction of sp³-hybridized carbons (Fsp3) is 0.211. The van der Waals surface area contributed by atoms with Crippen LogP contribution in [0.25, 0.3) is 11.4 Å². The van der Waals surface area contributed by atoms with Crippen molar-refractivity contribution in [1.82, 2.24) is 19.9 Å². The number of nitrogens with zero attached hydrogens (tertiary/aromatic N) is 5. The molecule has 2 N–H and O–H groups in total. The van der Waals surface area contributed by atoms with E-state index in [2.05, 4.69) is 19.9 Å². The van der Waals surface area contributed by atoms with Crippen LogP contribution >= 0.6 is 0 Å². The monoisotopic (exact) mass is 346 g/mol. The summed E-state index contributed by atoms with van der Waals surface area (Å²) in [4.78, 5) is 31.3. The van der Waals surface area contributed by atoms with E-state index in [1.165, 1.54) is 0 Å². The summed E-state index contributed by atoms with van der Waals surface area (Å²) in [6, 6.07) is 10.9. The molecular formula is C19H18N6O. The minimum Gasteiger partial charge on any atom is -0.366 e. The van der Waals surface area contributed by atoms with Gasteiger partial charge in [0.2, 0.25) is 11.9 Å². The maximum absolute atomic E-state index is 11.2. The second kappa shape index (κ2) is 6.87. The number of anilines is 1. The molecule has 4 rings (SSSR count). The fourth-order valence-electron chi connectivity index (χ4n) is 3.23. The van der Waals surface area contributed by atoms with E-state index in [-0.39, 0.29) is 6.04 Å². The molecule has 1 aromatic carbocycles. The van der Waals surface area contributed by atoms with Crippen molar-refractivity contribution < 1.29 is 4.79 Å². The topological polar surface area (TPSA) is 97.9 Å². The number of hydrogen-bond donors (Lipinski definition) is 1. The smallest absolute Gasteiger partial charge is 0.248 e. The van der Waals surface area contributed by atoms with Gasteiger partial charge < -0.3 is 10.6 Å². The lowest BCUT2D eigenvalue weighted by Crippen LogP contribution is -2.25. The Bertz CT molecular complexity index is 913. The number of nitrogens with two attached hydrogens (primary N) is 1. The molecule has 1 fully saturated rings. The van der Waals surface area contributed by atoms with Crippen LogP contribution in [0, 0.1) is 0 Å². The van der Waals surface area contributed by atoms with Crippen molar-refractivity contribution in [2.45, 2.75) is 18.9 Å². The summed E-state index contributed by atoms with van der Waals surface area (Å²) in [7, 11) is 0. The number of amides is 1. The number of carbonyl (C=O) groups excluding carboxylic acids is 1. The minimum atomic E-state index is -0.448. The molecule has 1 amide bonds. The SMILES string of the molecule is NC(=O)c1ccc(-c2nccc([C@@H]3CCCN3c3ncccn3)n2)cc1. The molecular weight excluding hydrogens is 328 g/mol. The molecule has 3 heterocycles. The van der Waals surface area contributed by atoms with Crippen molar-refractivity contribution in [3.05, 3.63) is 66.2 Å². The van der Waals surface area contributed by atoms with Gasteiger partial charge in [-0.3, -0.25) is 4.79 Å². The zero-order valence-electron chi connectivity index (χ0n) is 14.1. The van der Waals surface area contributed by atoms with Gasteiger partial charge in [0.05, 0.1) is 11.7 Å². The van der Waals surface area contributed by atoms with Gasteiger partial charge in [-0.25, -0.2) is 19.9 Å². The molecule has 130 valence electrons. The van der Waals surface area contributed by atoms with Gasteiger partial charge in [-0.05, 0) is 37.1 Å². The fourth-order valence-corrected chi connectivity index (χ4v) is 3.23. The van der Waals surface area contributed by atoms with Crippen LogP contribution in [0.1, 0.15) is 34.9 Å². The van der Waals surface area contributed by atoms with Gasteiger partial charge in [0, 0.05) is 36.3 Å². The quantitative estimate of drug-likeness (QED) is 0.779. The second-order valence-corrected chi connectivity index (χ2v) is 6.15. The van der Waals surface area contributed by atoms with Crippen molar-refractivity contribution in [2.24, 2.45) is 5.73 Å². The van der Waals surface area contributed by atoms with Crippen molar-refractivity contribution in [2.75, 3.05) is 11.4 Å². The molecule has 0 bridgehead atoms. The Morgan fingerprint density at radius 1 is 1.04 bits per heavy atom. The first-order valence-corrected chi connectivity index (χ1v) is 8.49. The number of primary amides is 1.